The van der Waals surface area contributed by atoms with E-state index in [9.17, 15) is 4.79 Å². The van der Waals surface area contributed by atoms with Gasteiger partial charge in [0.05, 0.1) is 11.7 Å². The lowest BCUT2D eigenvalue weighted by Crippen LogP contribution is -2.50. The fourth-order valence-electron chi connectivity index (χ4n) is 2.92. The summed E-state index contributed by atoms with van der Waals surface area (Å²) in [6.07, 6.45) is 1.76. The molecule has 1 N–H and O–H groups in total. The van der Waals surface area contributed by atoms with Crippen LogP contribution in [0.15, 0.2) is 54.7 Å². The Bertz CT molecular complexity index is 636. The number of rotatable bonds is 3. The van der Waals surface area contributed by atoms with Gasteiger partial charge in [-0.05, 0) is 31.5 Å². The normalized spacial score (nSPS) is 18.0. The molecule has 1 aromatic carbocycles. The molecule has 2 heterocycles. The van der Waals surface area contributed by atoms with Crippen LogP contribution in [0.5, 0.6) is 0 Å². The Morgan fingerprint density at radius 1 is 1.21 bits per heavy atom. The minimum atomic E-state index is -0.238. The van der Waals surface area contributed by atoms with E-state index in [2.05, 4.69) is 24.1 Å². The Morgan fingerprint density at radius 2 is 1.96 bits per heavy atom. The van der Waals surface area contributed by atoms with Crippen molar-refractivity contribution in [3.05, 3.63) is 66.0 Å². The molecule has 1 saturated heterocycles. The molecule has 0 saturated carbocycles. The summed E-state index contributed by atoms with van der Waals surface area (Å²) in [5.74, 6) is 0.972. The van der Waals surface area contributed by atoms with Crippen LogP contribution in [0.1, 0.15) is 31.1 Å². The van der Waals surface area contributed by atoms with Gasteiger partial charge >= 0.3 is 6.03 Å². The monoisotopic (exact) mass is 341 g/mol. The van der Waals surface area contributed by atoms with E-state index in [-0.39, 0.29) is 16.8 Å². The zero-order valence-corrected chi connectivity index (χ0v) is 14.9. The minimum Gasteiger partial charge on any atom is -0.325 e. The molecule has 24 heavy (non-hydrogen) atoms. The molecule has 0 unspecified atom stereocenters. The molecule has 0 aliphatic carbocycles. The number of nitrogens with zero attached hydrogens (tertiary/aromatic N) is 2. The van der Waals surface area contributed by atoms with Crippen molar-refractivity contribution in [1.29, 1.82) is 0 Å². The second-order valence-electron chi connectivity index (χ2n) is 6.58. The highest BCUT2D eigenvalue weighted by molar-refractivity contribution is 8.00. The van der Waals surface area contributed by atoms with Gasteiger partial charge in [-0.2, -0.15) is 11.8 Å². The van der Waals surface area contributed by atoms with E-state index >= 15 is 0 Å². The lowest BCUT2D eigenvalue weighted by atomic mass is 10.0. The van der Waals surface area contributed by atoms with Crippen molar-refractivity contribution in [3.63, 3.8) is 0 Å². The van der Waals surface area contributed by atoms with Crippen LogP contribution in [0, 0.1) is 0 Å². The van der Waals surface area contributed by atoms with E-state index in [0.717, 1.165) is 30.1 Å². The van der Waals surface area contributed by atoms with Crippen LogP contribution in [0.3, 0.4) is 0 Å². The predicted octanol–water partition coefficient (Wildman–Crippen LogP) is 3.71. The first-order valence-electron chi connectivity index (χ1n) is 8.20. The smallest absolute Gasteiger partial charge is 0.318 e. The van der Waals surface area contributed by atoms with E-state index in [1.807, 2.05) is 65.2 Å². The topological polar surface area (TPSA) is 45.2 Å². The van der Waals surface area contributed by atoms with Gasteiger partial charge in [-0.25, -0.2) is 4.79 Å². The Balaban J connectivity index is 1.81. The average molecular weight is 341 g/mol. The third kappa shape index (κ3) is 4.09. The summed E-state index contributed by atoms with van der Waals surface area (Å²) in [7, 11) is 0. The van der Waals surface area contributed by atoms with Crippen LogP contribution in [-0.2, 0) is 0 Å². The van der Waals surface area contributed by atoms with Gasteiger partial charge in [-0.1, -0.05) is 36.4 Å². The van der Waals surface area contributed by atoms with E-state index in [1.54, 1.807) is 6.20 Å². The Morgan fingerprint density at radius 3 is 2.62 bits per heavy atom. The van der Waals surface area contributed by atoms with Crippen molar-refractivity contribution >= 4 is 17.8 Å². The molecule has 0 bridgehead atoms. The van der Waals surface area contributed by atoms with Crippen LogP contribution in [0.25, 0.3) is 0 Å². The van der Waals surface area contributed by atoms with Crippen LogP contribution in [0.2, 0.25) is 0 Å². The summed E-state index contributed by atoms with van der Waals surface area (Å²) < 4.78 is 0.100. The highest BCUT2D eigenvalue weighted by Crippen LogP contribution is 2.30. The predicted molar refractivity (Wildman–Crippen MR) is 99.2 cm³/mol. The molecule has 1 fully saturated rings. The lowest BCUT2D eigenvalue weighted by Gasteiger charge is -2.38. The first-order chi connectivity index (χ1) is 11.6. The average Bonchev–Trinajstić information content (AvgIpc) is 2.60. The molecule has 1 aliphatic heterocycles. The quantitative estimate of drug-likeness (QED) is 0.926. The standard InChI is InChI=1S/C19H23N3OS/c1-19(2)14-22(12-13-24-19)18(23)21-17(15-8-4-3-5-9-15)16-10-6-7-11-20-16/h3-11,17H,12-14H2,1-2H3,(H,21,23)/t17-/m1/s1. The summed E-state index contributed by atoms with van der Waals surface area (Å²) in [4.78, 5) is 19.2. The number of carbonyl (C=O) groups excluding carboxylic acids is 1. The molecule has 3 rings (SSSR count). The van der Waals surface area contributed by atoms with Gasteiger partial charge in [0, 0.05) is 29.8 Å². The second kappa shape index (κ2) is 7.26. The summed E-state index contributed by atoms with van der Waals surface area (Å²) in [5, 5.41) is 3.17. The first-order valence-corrected chi connectivity index (χ1v) is 9.19. The van der Waals surface area contributed by atoms with Crippen molar-refractivity contribution < 1.29 is 4.79 Å². The molecule has 2 aromatic rings. The fourth-order valence-corrected chi connectivity index (χ4v) is 4.04. The van der Waals surface area contributed by atoms with Crippen molar-refractivity contribution in [2.45, 2.75) is 24.6 Å². The van der Waals surface area contributed by atoms with Gasteiger partial charge in [0.25, 0.3) is 0 Å². The molecule has 4 nitrogen and oxygen atoms in total. The van der Waals surface area contributed by atoms with Crippen molar-refractivity contribution in [2.24, 2.45) is 0 Å². The van der Waals surface area contributed by atoms with Crippen molar-refractivity contribution in [2.75, 3.05) is 18.8 Å². The zero-order chi connectivity index (χ0) is 17.0. The van der Waals surface area contributed by atoms with Crippen molar-refractivity contribution in [3.8, 4) is 0 Å². The molecule has 1 aliphatic rings. The Kier molecular flexibility index (Phi) is 5.09. The summed E-state index contributed by atoms with van der Waals surface area (Å²) in [6, 6.07) is 15.5. The number of carbonyl (C=O) groups is 1. The highest BCUT2D eigenvalue weighted by atomic mass is 32.2. The second-order valence-corrected chi connectivity index (χ2v) is 8.38. The van der Waals surface area contributed by atoms with Gasteiger partial charge in [0.2, 0.25) is 0 Å². The Labute approximate surface area is 147 Å². The maximum Gasteiger partial charge on any atom is 0.318 e. The molecule has 0 spiro atoms. The number of nitrogens with one attached hydrogen (secondary N) is 1. The summed E-state index contributed by atoms with van der Waals surface area (Å²) >= 11 is 1.92. The van der Waals surface area contributed by atoms with Gasteiger partial charge in [0.15, 0.2) is 0 Å². The number of hydrogen-bond acceptors (Lipinski definition) is 3. The molecule has 1 atom stereocenters. The number of benzene rings is 1. The van der Waals surface area contributed by atoms with E-state index < -0.39 is 0 Å². The molecule has 126 valence electrons. The Hall–Kier alpha value is -2.01. The molecule has 5 heteroatoms. The number of amides is 2. The van der Waals surface area contributed by atoms with Gasteiger partial charge < -0.3 is 10.2 Å². The highest BCUT2D eigenvalue weighted by Gasteiger charge is 2.31. The number of aromatic nitrogens is 1. The van der Waals surface area contributed by atoms with Crippen LogP contribution in [-0.4, -0.2) is 39.5 Å². The molecule has 1 aromatic heterocycles. The van der Waals surface area contributed by atoms with Gasteiger partial charge in [0.1, 0.15) is 0 Å². The van der Waals surface area contributed by atoms with Crippen LogP contribution < -0.4 is 5.32 Å². The van der Waals surface area contributed by atoms with Crippen molar-refractivity contribution in [1.82, 2.24) is 15.2 Å². The molecular formula is C19H23N3OS. The number of pyridine rings is 1. The third-order valence-corrected chi connectivity index (χ3v) is 5.39. The van der Waals surface area contributed by atoms with Gasteiger partial charge in [-0.3, -0.25) is 4.98 Å². The largest absolute Gasteiger partial charge is 0.325 e. The molecule has 2 amide bonds. The minimum absolute atomic E-state index is 0.0251. The number of thioether (sulfide) groups is 1. The van der Waals surface area contributed by atoms with Crippen LogP contribution >= 0.6 is 11.8 Å². The van der Waals surface area contributed by atoms with Crippen LogP contribution in [0.4, 0.5) is 4.79 Å². The maximum atomic E-state index is 12.8. The zero-order valence-electron chi connectivity index (χ0n) is 14.1. The van der Waals surface area contributed by atoms with E-state index in [4.69, 9.17) is 0 Å². The fraction of sp³-hybridized carbons (Fsp3) is 0.368. The molecule has 0 radical (unpaired) electrons. The summed E-state index contributed by atoms with van der Waals surface area (Å²) in [6.45, 7) is 5.91. The first kappa shape index (κ1) is 16.8. The lowest BCUT2D eigenvalue weighted by molar-refractivity contribution is 0.192. The van der Waals surface area contributed by atoms with E-state index in [0.29, 0.717) is 0 Å². The third-order valence-electron chi connectivity index (χ3n) is 4.10. The summed E-state index contributed by atoms with van der Waals surface area (Å²) in [5.41, 5.74) is 1.89. The number of hydrogen-bond donors (Lipinski definition) is 1. The maximum absolute atomic E-state index is 12.8. The van der Waals surface area contributed by atoms with Gasteiger partial charge in [-0.15, -0.1) is 0 Å². The SMILES string of the molecule is CC1(C)CN(C(=O)N[C@H](c2ccccc2)c2ccccn2)CCS1. The number of urea groups is 1. The molecular weight excluding hydrogens is 318 g/mol. The van der Waals surface area contributed by atoms with E-state index in [1.165, 1.54) is 0 Å².